The zero-order valence-corrected chi connectivity index (χ0v) is 14.1. The Balaban J connectivity index is 1.85. The summed E-state index contributed by atoms with van der Waals surface area (Å²) in [5.74, 6) is -0.0421. The minimum Gasteiger partial charge on any atom is -0.378 e. The van der Waals surface area contributed by atoms with Crippen LogP contribution in [-0.4, -0.2) is 54.7 Å². The zero-order chi connectivity index (χ0) is 15.8. The number of nitrogens with zero attached hydrogens (tertiary/aromatic N) is 1. The van der Waals surface area contributed by atoms with Crippen LogP contribution in [0.4, 0.5) is 0 Å². The Morgan fingerprint density at radius 3 is 2.57 bits per heavy atom. The van der Waals surface area contributed by atoms with Crippen LogP contribution in [0.5, 0.6) is 0 Å². The number of ether oxygens (including phenoxy) is 1. The fraction of sp³-hybridized carbons (Fsp3) is 0.938. The fourth-order valence-corrected chi connectivity index (χ4v) is 3.20. The number of nitrogens with two attached hydrogens (primary N) is 1. The summed E-state index contributed by atoms with van der Waals surface area (Å²) in [6.45, 7) is 9.49. The van der Waals surface area contributed by atoms with Gasteiger partial charge in [-0.1, -0.05) is 13.8 Å². The van der Waals surface area contributed by atoms with E-state index in [4.69, 9.17) is 10.5 Å². The largest absolute Gasteiger partial charge is 0.378 e. The first kappa shape index (κ1) is 16.7. The number of carbonyl (C=O) groups is 1. The van der Waals surface area contributed by atoms with Gasteiger partial charge in [-0.05, 0) is 33.7 Å². The number of carbonyl (C=O) groups excluding carboxylic acids is 1. The highest BCUT2D eigenvalue weighted by Gasteiger charge is 2.62. The highest BCUT2D eigenvalue weighted by molar-refractivity contribution is 5.88. The molecular formula is C16H31N3O2. The number of rotatable bonds is 7. The number of hydrogen-bond donors (Lipinski definition) is 2. The lowest BCUT2D eigenvalue weighted by Gasteiger charge is -2.57. The number of likely N-dealkylation sites (N-methyl/N-ethyl adjacent to an activating group) is 1. The van der Waals surface area contributed by atoms with Crippen molar-refractivity contribution in [3.63, 3.8) is 0 Å². The Hall–Kier alpha value is -0.650. The van der Waals surface area contributed by atoms with Gasteiger partial charge in [0.1, 0.15) is 5.54 Å². The van der Waals surface area contributed by atoms with Crippen LogP contribution < -0.4 is 11.1 Å². The average Bonchev–Trinajstić information content (AvgIpc) is 3.27. The molecule has 1 amide bonds. The SMILES string of the molecule is CCOC1CC(N)(C(=O)NCC(C)N(C)C2CC2)C1(C)C. The maximum atomic E-state index is 12.5. The number of amides is 1. The third-order valence-electron chi connectivity index (χ3n) is 5.61. The molecule has 0 aromatic carbocycles. The van der Waals surface area contributed by atoms with Crippen LogP contribution >= 0.6 is 0 Å². The molecule has 2 fully saturated rings. The van der Waals surface area contributed by atoms with E-state index in [2.05, 4.69) is 24.2 Å². The van der Waals surface area contributed by atoms with Crippen molar-refractivity contribution in [1.29, 1.82) is 0 Å². The average molecular weight is 297 g/mol. The maximum Gasteiger partial charge on any atom is 0.240 e. The van der Waals surface area contributed by atoms with Crippen molar-refractivity contribution >= 4 is 5.91 Å². The molecule has 5 nitrogen and oxygen atoms in total. The van der Waals surface area contributed by atoms with Crippen molar-refractivity contribution in [2.75, 3.05) is 20.2 Å². The molecule has 0 saturated heterocycles. The van der Waals surface area contributed by atoms with E-state index in [0.29, 0.717) is 31.7 Å². The van der Waals surface area contributed by atoms with Gasteiger partial charge in [0.15, 0.2) is 0 Å². The summed E-state index contributed by atoms with van der Waals surface area (Å²) in [5, 5.41) is 3.05. The minimum atomic E-state index is -0.815. The van der Waals surface area contributed by atoms with Crippen LogP contribution in [0, 0.1) is 5.41 Å². The Morgan fingerprint density at radius 1 is 1.48 bits per heavy atom. The van der Waals surface area contributed by atoms with Gasteiger partial charge >= 0.3 is 0 Å². The summed E-state index contributed by atoms with van der Waals surface area (Å²) < 4.78 is 5.67. The van der Waals surface area contributed by atoms with Crippen molar-refractivity contribution in [3.8, 4) is 0 Å². The highest BCUT2D eigenvalue weighted by Crippen LogP contribution is 2.49. The molecule has 0 aromatic heterocycles. The van der Waals surface area contributed by atoms with E-state index in [9.17, 15) is 4.79 Å². The Kier molecular flexibility index (Phi) is 4.66. The van der Waals surface area contributed by atoms with Gasteiger partial charge in [0, 0.05) is 37.1 Å². The molecule has 0 aromatic rings. The summed E-state index contributed by atoms with van der Waals surface area (Å²) >= 11 is 0. The third-order valence-corrected chi connectivity index (χ3v) is 5.61. The molecule has 0 heterocycles. The Labute approximate surface area is 128 Å². The molecule has 2 aliphatic rings. The molecule has 3 atom stereocenters. The first-order valence-corrected chi connectivity index (χ1v) is 8.14. The van der Waals surface area contributed by atoms with E-state index < -0.39 is 5.54 Å². The van der Waals surface area contributed by atoms with Gasteiger partial charge in [-0.2, -0.15) is 0 Å². The summed E-state index contributed by atoms with van der Waals surface area (Å²) in [6, 6.07) is 1.04. The number of nitrogens with one attached hydrogen (secondary N) is 1. The second kappa shape index (κ2) is 5.86. The van der Waals surface area contributed by atoms with Crippen LogP contribution in [0.1, 0.15) is 47.0 Å². The monoisotopic (exact) mass is 297 g/mol. The normalized spacial score (nSPS) is 32.6. The first-order valence-electron chi connectivity index (χ1n) is 8.14. The predicted octanol–water partition coefficient (Wildman–Crippen LogP) is 1.12. The van der Waals surface area contributed by atoms with E-state index >= 15 is 0 Å². The van der Waals surface area contributed by atoms with Gasteiger partial charge in [0.2, 0.25) is 5.91 Å². The van der Waals surface area contributed by atoms with Crippen LogP contribution in [0.3, 0.4) is 0 Å². The first-order chi connectivity index (χ1) is 9.74. The van der Waals surface area contributed by atoms with Gasteiger partial charge < -0.3 is 15.8 Å². The molecule has 3 N–H and O–H groups in total. The molecule has 2 saturated carbocycles. The lowest BCUT2D eigenvalue weighted by atomic mass is 9.54. The molecule has 0 spiro atoms. The summed E-state index contributed by atoms with van der Waals surface area (Å²) in [5.41, 5.74) is 5.24. The van der Waals surface area contributed by atoms with Crippen LogP contribution in [0.15, 0.2) is 0 Å². The van der Waals surface area contributed by atoms with Gasteiger partial charge in [-0.25, -0.2) is 0 Å². The lowest BCUT2D eigenvalue weighted by molar-refractivity contribution is -0.170. The maximum absolute atomic E-state index is 12.5. The quantitative estimate of drug-likeness (QED) is 0.739. The Morgan fingerprint density at radius 2 is 2.10 bits per heavy atom. The van der Waals surface area contributed by atoms with Gasteiger partial charge in [-0.3, -0.25) is 9.69 Å². The van der Waals surface area contributed by atoms with E-state index in [-0.39, 0.29) is 17.4 Å². The molecule has 0 radical (unpaired) electrons. The molecule has 3 unspecified atom stereocenters. The molecule has 0 aliphatic heterocycles. The molecule has 0 bridgehead atoms. The summed E-state index contributed by atoms with van der Waals surface area (Å²) in [7, 11) is 2.13. The second-order valence-corrected chi connectivity index (χ2v) is 7.30. The number of hydrogen-bond acceptors (Lipinski definition) is 4. The van der Waals surface area contributed by atoms with E-state index in [1.807, 2.05) is 20.8 Å². The molecular weight excluding hydrogens is 266 g/mol. The van der Waals surface area contributed by atoms with Gasteiger partial charge in [0.05, 0.1) is 6.10 Å². The third kappa shape index (κ3) is 2.96. The van der Waals surface area contributed by atoms with Crippen molar-refractivity contribution in [1.82, 2.24) is 10.2 Å². The summed E-state index contributed by atoms with van der Waals surface area (Å²) in [4.78, 5) is 14.9. The molecule has 5 heteroatoms. The molecule has 122 valence electrons. The van der Waals surface area contributed by atoms with E-state index in [1.54, 1.807) is 0 Å². The van der Waals surface area contributed by atoms with Crippen LogP contribution in [0.2, 0.25) is 0 Å². The molecule has 2 rings (SSSR count). The molecule has 21 heavy (non-hydrogen) atoms. The van der Waals surface area contributed by atoms with Crippen LogP contribution in [-0.2, 0) is 9.53 Å². The lowest BCUT2D eigenvalue weighted by Crippen LogP contribution is -2.76. The van der Waals surface area contributed by atoms with E-state index in [1.165, 1.54) is 12.8 Å². The smallest absolute Gasteiger partial charge is 0.240 e. The van der Waals surface area contributed by atoms with Crippen molar-refractivity contribution in [2.45, 2.75) is 70.7 Å². The second-order valence-electron chi connectivity index (χ2n) is 7.30. The fourth-order valence-electron chi connectivity index (χ4n) is 3.20. The van der Waals surface area contributed by atoms with Crippen molar-refractivity contribution in [2.24, 2.45) is 11.1 Å². The van der Waals surface area contributed by atoms with Crippen LogP contribution in [0.25, 0.3) is 0 Å². The zero-order valence-electron chi connectivity index (χ0n) is 14.1. The van der Waals surface area contributed by atoms with E-state index in [0.717, 1.165) is 0 Å². The standard InChI is InChI=1S/C16H31N3O2/c1-6-21-13-9-16(17,15(13,3)4)14(20)18-10-11(2)19(5)12-7-8-12/h11-13H,6-10,17H2,1-5H3,(H,18,20). The van der Waals surface area contributed by atoms with Gasteiger partial charge in [-0.15, -0.1) is 0 Å². The topological polar surface area (TPSA) is 67.6 Å². The summed E-state index contributed by atoms with van der Waals surface area (Å²) in [6.07, 6.45) is 3.23. The van der Waals surface area contributed by atoms with Gasteiger partial charge in [0.25, 0.3) is 0 Å². The minimum absolute atomic E-state index is 0.0421. The molecule has 2 aliphatic carbocycles. The highest BCUT2D eigenvalue weighted by atomic mass is 16.5. The Bertz CT molecular complexity index is 395. The van der Waals surface area contributed by atoms with Crippen molar-refractivity contribution in [3.05, 3.63) is 0 Å². The predicted molar refractivity (Wildman–Crippen MR) is 84.0 cm³/mol. The van der Waals surface area contributed by atoms with Crippen molar-refractivity contribution < 1.29 is 9.53 Å².